The molecule has 3 nitrogen and oxygen atoms in total. The van der Waals surface area contributed by atoms with E-state index >= 15 is 0 Å². The Kier molecular flexibility index (Phi) is 2.50. The second-order valence-electron chi connectivity index (χ2n) is 3.42. The van der Waals surface area contributed by atoms with Crippen molar-refractivity contribution in [2.75, 3.05) is 20.2 Å². The molecular weight excluding hydrogens is 178 g/mol. The highest BCUT2D eigenvalue weighted by Gasteiger charge is 2.28. The third-order valence-electron chi connectivity index (χ3n) is 2.41. The van der Waals surface area contributed by atoms with E-state index in [-0.39, 0.29) is 5.91 Å². The predicted molar refractivity (Wildman–Crippen MR) is 52.8 cm³/mol. The molecule has 2 rings (SSSR count). The van der Waals surface area contributed by atoms with Gasteiger partial charge in [-0.2, -0.15) is 0 Å². The van der Waals surface area contributed by atoms with Gasteiger partial charge in [-0.25, -0.2) is 0 Å². The van der Waals surface area contributed by atoms with Crippen LogP contribution in [0.3, 0.4) is 0 Å². The summed E-state index contributed by atoms with van der Waals surface area (Å²) in [5.74, 6) is 0.0439. The van der Waals surface area contributed by atoms with Gasteiger partial charge in [-0.05, 0) is 5.56 Å². The average molecular weight is 191 g/mol. The van der Waals surface area contributed by atoms with Crippen molar-refractivity contribution in [2.45, 2.75) is 6.10 Å². The molecule has 1 amide bonds. The third-order valence-corrected chi connectivity index (χ3v) is 2.41. The van der Waals surface area contributed by atoms with E-state index in [1.165, 1.54) is 0 Å². The van der Waals surface area contributed by atoms with Gasteiger partial charge < -0.3 is 9.64 Å². The SMILES string of the molecule is CN1CCOC(c2ccccc2)C1=O. The minimum atomic E-state index is -0.407. The van der Waals surface area contributed by atoms with E-state index < -0.39 is 6.10 Å². The highest BCUT2D eigenvalue weighted by atomic mass is 16.5. The van der Waals surface area contributed by atoms with Gasteiger partial charge >= 0.3 is 0 Å². The van der Waals surface area contributed by atoms with E-state index in [4.69, 9.17) is 4.74 Å². The average Bonchev–Trinajstić information content (AvgIpc) is 2.23. The van der Waals surface area contributed by atoms with Gasteiger partial charge in [0.2, 0.25) is 0 Å². The Labute approximate surface area is 83.3 Å². The molecule has 14 heavy (non-hydrogen) atoms. The van der Waals surface area contributed by atoms with Crippen LogP contribution in [0, 0.1) is 0 Å². The monoisotopic (exact) mass is 191 g/mol. The molecule has 1 aromatic rings. The standard InChI is InChI=1S/C11H13NO2/c1-12-7-8-14-10(11(12)13)9-5-3-2-4-6-9/h2-6,10H,7-8H2,1H3. The summed E-state index contributed by atoms with van der Waals surface area (Å²) in [4.78, 5) is 13.4. The topological polar surface area (TPSA) is 29.5 Å². The molecule has 0 spiro atoms. The van der Waals surface area contributed by atoms with Gasteiger partial charge in [-0.3, -0.25) is 4.79 Å². The van der Waals surface area contributed by atoms with Crippen molar-refractivity contribution in [3.63, 3.8) is 0 Å². The maximum Gasteiger partial charge on any atom is 0.256 e. The lowest BCUT2D eigenvalue weighted by atomic mass is 10.1. The predicted octanol–water partition coefficient (Wildman–Crippen LogP) is 1.22. The van der Waals surface area contributed by atoms with Crippen molar-refractivity contribution in [2.24, 2.45) is 0 Å². The van der Waals surface area contributed by atoms with E-state index in [9.17, 15) is 4.79 Å². The normalized spacial score (nSPS) is 22.5. The maximum atomic E-state index is 11.7. The molecule has 1 unspecified atom stereocenters. The number of amides is 1. The second kappa shape index (κ2) is 3.80. The fraction of sp³-hybridized carbons (Fsp3) is 0.364. The molecule has 1 aromatic carbocycles. The zero-order chi connectivity index (χ0) is 9.97. The minimum absolute atomic E-state index is 0.0439. The largest absolute Gasteiger partial charge is 0.362 e. The van der Waals surface area contributed by atoms with Gasteiger partial charge in [0.05, 0.1) is 6.61 Å². The van der Waals surface area contributed by atoms with Crippen LogP contribution in [0.5, 0.6) is 0 Å². The summed E-state index contributed by atoms with van der Waals surface area (Å²) in [7, 11) is 1.81. The Bertz CT molecular complexity index is 323. The summed E-state index contributed by atoms with van der Waals surface area (Å²) in [6, 6.07) is 9.60. The van der Waals surface area contributed by atoms with E-state index in [1.54, 1.807) is 11.9 Å². The quantitative estimate of drug-likeness (QED) is 0.668. The van der Waals surface area contributed by atoms with E-state index in [1.807, 2.05) is 30.3 Å². The van der Waals surface area contributed by atoms with Crippen LogP contribution < -0.4 is 0 Å². The molecular formula is C11H13NO2. The fourth-order valence-electron chi connectivity index (χ4n) is 1.56. The summed E-state index contributed by atoms with van der Waals surface area (Å²) in [6.45, 7) is 1.30. The zero-order valence-electron chi connectivity index (χ0n) is 8.14. The molecule has 1 heterocycles. The first kappa shape index (κ1) is 9.21. The maximum absolute atomic E-state index is 11.7. The summed E-state index contributed by atoms with van der Waals surface area (Å²) >= 11 is 0. The molecule has 1 aliphatic rings. The number of benzene rings is 1. The second-order valence-corrected chi connectivity index (χ2v) is 3.42. The Morgan fingerprint density at radius 1 is 1.36 bits per heavy atom. The Hall–Kier alpha value is -1.35. The minimum Gasteiger partial charge on any atom is -0.362 e. The molecule has 1 aliphatic heterocycles. The van der Waals surface area contributed by atoms with Crippen LogP contribution >= 0.6 is 0 Å². The van der Waals surface area contributed by atoms with Gasteiger partial charge in [0, 0.05) is 13.6 Å². The molecule has 74 valence electrons. The van der Waals surface area contributed by atoms with Crippen LogP contribution in [0.2, 0.25) is 0 Å². The first-order valence-electron chi connectivity index (χ1n) is 4.70. The molecule has 0 aromatic heterocycles. The lowest BCUT2D eigenvalue weighted by Crippen LogP contribution is -2.40. The van der Waals surface area contributed by atoms with E-state index in [0.717, 1.165) is 5.56 Å². The van der Waals surface area contributed by atoms with Crippen molar-refractivity contribution in [3.8, 4) is 0 Å². The van der Waals surface area contributed by atoms with Crippen molar-refractivity contribution in [1.29, 1.82) is 0 Å². The van der Waals surface area contributed by atoms with Gasteiger partial charge in [-0.1, -0.05) is 30.3 Å². The molecule has 1 atom stereocenters. The summed E-state index contributed by atoms with van der Waals surface area (Å²) in [5, 5.41) is 0. The highest BCUT2D eigenvalue weighted by molar-refractivity contribution is 5.82. The molecule has 3 heteroatoms. The number of morpholine rings is 1. The summed E-state index contributed by atoms with van der Waals surface area (Å²) in [5.41, 5.74) is 0.934. The van der Waals surface area contributed by atoms with Crippen molar-refractivity contribution in [3.05, 3.63) is 35.9 Å². The third kappa shape index (κ3) is 1.63. The zero-order valence-corrected chi connectivity index (χ0v) is 8.14. The lowest BCUT2D eigenvalue weighted by molar-refractivity contribution is -0.151. The van der Waals surface area contributed by atoms with Crippen molar-refractivity contribution in [1.82, 2.24) is 4.90 Å². The van der Waals surface area contributed by atoms with Crippen molar-refractivity contribution >= 4 is 5.91 Å². The summed E-state index contributed by atoms with van der Waals surface area (Å²) in [6.07, 6.45) is -0.407. The Morgan fingerprint density at radius 2 is 2.07 bits per heavy atom. The molecule has 0 bridgehead atoms. The smallest absolute Gasteiger partial charge is 0.256 e. The van der Waals surface area contributed by atoms with Crippen molar-refractivity contribution < 1.29 is 9.53 Å². The number of nitrogens with zero attached hydrogens (tertiary/aromatic N) is 1. The lowest BCUT2D eigenvalue weighted by Gasteiger charge is -2.29. The number of ether oxygens (including phenoxy) is 1. The molecule has 0 N–H and O–H groups in total. The van der Waals surface area contributed by atoms with Gasteiger partial charge in [0.25, 0.3) is 5.91 Å². The molecule has 1 fully saturated rings. The first-order valence-corrected chi connectivity index (χ1v) is 4.70. The van der Waals surface area contributed by atoms with Crippen LogP contribution in [0.25, 0.3) is 0 Å². The number of hydrogen-bond acceptors (Lipinski definition) is 2. The number of hydrogen-bond donors (Lipinski definition) is 0. The fourth-order valence-corrected chi connectivity index (χ4v) is 1.56. The van der Waals surface area contributed by atoms with Gasteiger partial charge in [-0.15, -0.1) is 0 Å². The number of likely N-dealkylation sites (N-methyl/N-ethyl adjacent to an activating group) is 1. The summed E-state index contributed by atoms with van der Waals surface area (Å²) < 4.78 is 5.46. The number of rotatable bonds is 1. The Balaban J connectivity index is 2.22. The van der Waals surface area contributed by atoms with E-state index in [0.29, 0.717) is 13.2 Å². The van der Waals surface area contributed by atoms with Crippen LogP contribution in [0.15, 0.2) is 30.3 Å². The van der Waals surface area contributed by atoms with Crippen LogP contribution in [0.4, 0.5) is 0 Å². The number of carbonyl (C=O) groups is 1. The number of carbonyl (C=O) groups excluding carboxylic acids is 1. The molecule has 1 saturated heterocycles. The highest BCUT2D eigenvalue weighted by Crippen LogP contribution is 2.22. The van der Waals surface area contributed by atoms with Crippen LogP contribution in [-0.4, -0.2) is 31.0 Å². The molecule has 0 saturated carbocycles. The molecule has 0 radical (unpaired) electrons. The van der Waals surface area contributed by atoms with E-state index in [2.05, 4.69) is 0 Å². The van der Waals surface area contributed by atoms with Crippen LogP contribution in [-0.2, 0) is 9.53 Å². The van der Waals surface area contributed by atoms with Gasteiger partial charge in [0.1, 0.15) is 0 Å². The van der Waals surface area contributed by atoms with Gasteiger partial charge in [0.15, 0.2) is 6.10 Å². The first-order chi connectivity index (χ1) is 6.79. The molecule has 0 aliphatic carbocycles. The Morgan fingerprint density at radius 3 is 2.79 bits per heavy atom. The van der Waals surface area contributed by atoms with Crippen LogP contribution in [0.1, 0.15) is 11.7 Å².